The van der Waals surface area contributed by atoms with Crippen LogP contribution in [0.15, 0.2) is 28.7 Å². The molecule has 20 heavy (non-hydrogen) atoms. The van der Waals surface area contributed by atoms with Gasteiger partial charge in [0.1, 0.15) is 5.82 Å². The summed E-state index contributed by atoms with van der Waals surface area (Å²) < 4.78 is 0.995. The van der Waals surface area contributed by atoms with Gasteiger partial charge in [-0.15, -0.1) is 0 Å². The van der Waals surface area contributed by atoms with Crippen molar-refractivity contribution in [3.05, 3.63) is 33.8 Å². The van der Waals surface area contributed by atoms with Gasteiger partial charge in [-0.3, -0.25) is 0 Å². The van der Waals surface area contributed by atoms with E-state index in [1.54, 1.807) is 0 Å². The highest BCUT2D eigenvalue weighted by Crippen LogP contribution is 2.48. The topological polar surface area (TPSA) is 45.1 Å². The number of rotatable bonds is 5. The van der Waals surface area contributed by atoms with Crippen molar-refractivity contribution in [3.8, 4) is 0 Å². The van der Waals surface area contributed by atoms with E-state index < -0.39 is 0 Å². The Bertz CT molecular complexity index is 643. The summed E-state index contributed by atoms with van der Waals surface area (Å²) in [5, 5.41) is 14.1. The Morgan fingerprint density at radius 2 is 2.10 bits per heavy atom. The molecular formula is C15H16BrClN2O. The first-order chi connectivity index (χ1) is 9.63. The van der Waals surface area contributed by atoms with Gasteiger partial charge in [0.05, 0.1) is 10.5 Å². The van der Waals surface area contributed by atoms with Gasteiger partial charge in [0.25, 0.3) is 0 Å². The first-order valence-corrected chi connectivity index (χ1v) is 7.90. The fraction of sp³-hybridized carbons (Fsp3) is 0.400. The van der Waals surface area contributed by atoms with Gasteiger partial charge >= 0.3 is 0 Å². The molecule has 0 spiro atoms. The minimum Gasteiger partial charge on any atom is -0.396 e. The smallest absolute Gasteiger partial charge is 0.126 e. The highest BCUT2D eigenvalue weighted by Gasteiger charge is 2.41. The molecule has 2 aromatic rings. The first-order valence-electron chi connectivity index (χ1n) is 6.73. The SMILES string of the molecule is OCCC1(CNc2ccc3c(Br)ccc(Cl)c3n2)CC1. The summed E-state index contributed by atoms with van der Waals surface area (Å²) >= 11 is 9.72. The molecule has 3 nitrogen and oxygen atoms in total. The van der Waals surface area contributed by atoms with Crippen LogP contribution in [0, 0.1) is 5.41 Å². The van der Waals surface area contributed by atoms with Crippen LogP contribution < -0.4 is 5.32 Å². The Balaban J connectivity index is 1.81. The number of aliphatic hydroxyl groups is 1. The van der Waals surface area contributed by atoms with Crippen LogP contribution in [-0.4, -0.2) is 23.2 Å². The van der Waals surface area contributed by atoms with Crippen LogP contribution in [0.4, 0.5) is 5.82 Å². The summed E-state index contributed by atoms with van der Waals surface area (Å²) in [4.78, 5) is 4.59. The second kappa shape index (κ2) is 5.51. The standard InChI is InChI=1S/C15H16BrClN2O/c16-11-2-3-12(17)14-10(11)1-4-13(19-14)18-9-15(5-6-15)7-8-20/h1-4,20H,5-9H2,(H,18,19). The molecule has 0 bridgehead atoms. The molecule has 0 saturated heterocycles. The van der Waals surface area contributed by atoms with E-state index in [2.05, 4.69) is 26.2 Å². The number of hydrogen-bond donors (Lipinski definition) is 2. The molecule has 1 fully saturated rings. The van der Waals surface area contributed by atoms with Gasteiger partial charge in [-0.05, 0) is 48.9 Å². The Morgan fingerprint density at radius 1 is 1.30 bits per heavy atom. The van der Waals surface area contributed by atoms with Gasteiger partial charge in [-0.1, -0.05) is 27.5 Å². The molecule has 0 unspecified atom stereocenters. The number of nitrogens with one attached hydrogen (secondary N) is 1. The Labute approximate surface area is 131 Å². The van der Waals surface area contributed by atoms with E-state index >= 15 is 0 Å². The quantitative estimate of drug-likeness (QED) is 0.844. The predicted molar refractivity (Wildman–Crippen MR) is 86.3 cm³/mol. The lowest BCUT2D eigenvalue weighted by molar-refractivity contribution is 0.253. The van der Waals surface area contributed by atoms with Crippen molar-refractivity contribution in [2.24, 2.45) is 5.41 Å². The fourth-order valence-corrected chi connectivity index (χ4v) is 3.11. The summed E-state index contributed by atoms with van der Waals surface area (Å²) in [6.45, 7) is 1.11. The molecule has 3 rings (SSSR count). The Kier molecular flexibility index (Phi) is 3.89. The van der Waals surface area contributed by atoms with Crippen LogP contribution >= 0.6 is 27.5 Å². The zero-order chi connectivity index (χ0) is 14.2. The number of hydrogen-bond acceptors (Lipinski definition) is 3. The largest absolute Gasteiger partial charge is 0.396 e. The summed E-state index contributed by atoms with van der Waals surface area (Å²) in [7, 11) is 0. The van der Waals surface area contributed by atoms with Crippen LogP contribution in [0.1, 0.15) is 19.3 Å². The zero-order valence-corrected chi connectivity index (χ0v) is 13.3. The van der Waals surface area contributed by atoms with E-state index in [1.165, 1.54) is 12.8 Å². The lowest BCUT2D eigenvalue weighted by Gasteiger charge is -2.15. The van der Waals surface area contributed by atoms with Crippen LogP contribution in [0.2, 0.25) is 5.02 Å². The number of aliphatic hydroxyl groups excluding tert-OH is 1. The molecule has 1 aliphatic rings. The number of aromatic nitrogens is 1. The van der Waals surface area contributed by atoms with Crippen molar-refractivity contribution in [3.63, 3.8) is 0 Å². The average Bonchev–Trinajstić information content (AvgIpc) is 3.21. The summed E-state index contributed by atoms with van der Waals surface area (Å²) in [6, 6.07) is 7.77. The summed E-state index contributed by atoms with van der Waals surface area (Å²) in [5.41, 5.74) is 1.07. The maximum atomic E-state index is 9.08. The monoisotopic (exact) mass is 354 g/mol. The van der Waals surface area contributed by atoms with Gasteiger partial charge in [0, 0.05) is 23.0 Å². The molecule has 0 atom stereocenters. The molecule has 2 N–H and O–H groups in total. The second-order valence-electron chi connectivity index (χ2n) is 5.45. The van der Waals surface area contributed by atoms with Crippen LogP contribution in [0.3, 0.4) is 0 Å². The van der Waals surface area contributed by atoms with E-state index in [0.29, 0.717) is 5.02 Å². The predicted octanol–water partition coefficient (Wildman–Crippen LogP) is 4.23. The van der Waals surface area contributed by atoms with Crippen molar-refractivity contribution in [1.29, 1.82) is 0 Å². The van der Waals surface area contributed by atoms with Gasteiger partial charge in [-0.25, -0.2) is 4.98 Å². The summed E-state index contributed by atoms with van der Waals surface area (Å²) in [6.07, 6.45) is 3.22. The lowest BCUT2D eigenvalue weighted by Crippen LogP contribution is -2.17. The van der Waals surface area contributed by atoms with Gasteiger partial charge in [0.2, 0.25) is 0 Å². The van der Waals surface area contributed by atoms with Gasteiger partial charge < -0.3 is 10.4 Å². The minimum absolute atomic E-state index is 0.256. The van der Waals surface area contributed by atoms with Crippen molar-refractivity contribution >= 4 is 44.3 Å². The second-order valence-corrected chi connectivity index (χ2v) is 6.71. The third-order valence-corrected chi connectivity index (χ3v) is 4.99. The molecule has 5 heteroatoms. The lowest BCUT2D eigenvalue weighted by atomic mass is 10.0. The molecule has 1 saturated carbocycles. The number of benzene rings is 1. The number of nitrogens with zero attached hydrogens (tertiary/aromatic N) is 1. The molecular weight excluding hydrogens is 340 g/mol. The Hall–Kier alpha value is -0.840. The third kappa shape index (κ3) is 2.78. The van der Waals surface area contributed by atoms with Crippen molar-refractivity contribution in [1.82, 2.24) is 4.98 Å². The third-order valence-electron chi connectivity index (χ3n) is 4.00. The molecule has 1 heterocycles. The minimum atomic E-state index is 0.256. The van der Waals surface area contributed by atoms with E-state index in [0.717, 1.165) is 34.2 Å². The van der Waals surface area contributed by atoms with Crippen LogP contribution in [0.5, 0.6) is 0 Å². The normalized spacial score (nSPS) is 16.4. The van der Waals surface area contributed by atoms with E-state index in [1.807, 2.05) is 24.3 Å². The Morgan fingerprint density at radius 3 is 2.80 bits per heavy atom. The number of halogens is 2. The molecule has 0 aliphatic heterocycles. The van der Waals surface area contributed by atoms with Crippen LogP contribution in [-0.2, 0) is 0 Å². The maximum Gasteiger partial charge on any atom is 0.126 e. The van der Waals surface area contributed by atoms with E-state index in [9.17, 15) is 0 Å². The van der Waals surface area contributed by atoms with Crippen molar-refractivity contribution in [2.45, 2.75) is 19.3 Å². The number of pyridine rings is 1. The van der Waals surface area contributed by atoms with Gasteiger partial charge in [-0.2, -0.15) is 0 Å². The van der Waals surface area contributed by atoms with E-state index in [-0.39, 0.29) is 12.0 Å². The molecule has 106 valence electrons. The maximum absolute atomic E-state index is 9.08. The van der Waals surface area contributed by atoms with Crippen LogP contribution in [0.25, 0.3) is 10.9 Å². The molecule has 0 amide bonds. The average molecular weight is 356 g/mol. The van der Waals surface area contributed by atoms with Crippen molar-refractivity contribution < 1.29 is 5.11 Å². The molecule has 0 radical (unpaired) electrons. The van der Waals surface area contributed by atoms with Gasteiger partial charge in [0.15, 0.2) is 0 Å². The fourth-order valence-electron chi connectivity index (χ4n) is 2.45. The van der Waals surface area contributed by atoms with Crippen molar-refractivity contribution in [2.75, 3.05) is 18.5 Å². The zero-order valence-electron chi connectivity index (χ0n) is 11.0. The number of anilines is 1. The molecule has 1 aromatic carbocycles. The number of fused-ring (bicyclic) bond motifs is 1. The first kappa shape index (κ1) is 14.1. The highest BCUT2D eigenvalue weighted by atomic mass is 79.9. The molecule has 1 aromatic heterocycles. The highest BCUT2D eigenvalue weighted by molar-refractivity contribution is 9.10. The summed E-state index contributed by atoms with van der Waals surface area (Å²) in [5.74, 6) is 0.835. The molecule has 1 aliphatic carbocycles. The van der Waals surface area contributed by atoms with E-state index in [4.69, 9.17) is 16.7 Å².